The number of nitrogens with one attached hydrogen (secondary N) is 1. The number of hydrogen-bond acceptors (Lipinski definition) is 3. The Kier molecular flexibility index (Phi) is 5.40. The van der Waals surface area contributed by atoms with Crippen molar-refractivity contribution in [2.24, 2.45) is 0 Å². The van der Waals surface area contributed by atoms with Crippen molar-refractivity contribution in [3.8, 4) is 0 Å². The summed E-state index contributed by atoms with van der Waals surface area (Å²) >= 11 is 0. The fraction of sp³-hybridized carbons (Fsp3) is 0.923. The maximum absolute atomic E-state index is 12.2. The summed E-state index contributed by atoms with van der Waals surface area (Å²) in [4.78, 5) is 14.2. The Bertz CT molecular complexity index is 254. The second kappa shape index (κ2) is 6.36. The zero-order chi connectivity index (χ0) is 12.9. The highest BCUT2D eigenvalue weighted by atomic mass is 16.5. The summed E-state index contributed by atoms with van der Waals surface area (Å²) in [6.45, 7) is 8.60. The van der Waals surface area contributed by atoms with Gasteiger partial charge in [0.1, 0.15) is 0 Å². The molecule has 1 aliphatic rings. The zero-order valence-electron chi connectivity index (χ0n) is 11.6. The average Bonchev–Trinajstić information content (AvgIpc) is 2.30. The minimum atomic E-state index is -0.262. The van der Waals surface area contributed by atoms with E-state index in [1.54, 1.807) is 7.11 Å². The summed E-state index contributed by atoms with van der Waals surface area (Å²) in [6.07, 6.45) is 3.10. The van der Waals surface area contributed by atoms with Crippen molar-refractivity contribution in [3.05, 3.63) is 0 Å². The number of ether oxygens (including phenoxy) is 1. The number of piperidine rings is 1. The van der Waals surface area contributed by atoms with Crippen LogP contribution in [-0.2, 0) is 9.53 Å². The van der Waals surface area contributed by atoms with Crippen LogP contribution in [0.2, 0.25) is 0 Å². The summed E-state index contributed by atoms with van der Waals surface area (Å²) in [7, 11) is 1.70. The minimum absolute atomic E-state index is 0.0105. The maximum atomic E-state index is 12.2. The Labute approximate surface area is 105 Å². The smallest absolute Gasteiger partial charge is 0.239 e. The quantitative estimate of drug-likeness (QED) is 0.765. The van der Waals surface area contributed by atoms with Gasteiger partial charge < -0.3 is 15.0 Å². The molecule has 17 heavy (non-hydrogen) atoms. The monoisotopic (exact) mass is 242 g/mol. The van der Waals surface area contributed by atoms with Gasteiger partial charge in [-0.15, -0.1) is 0 Å². The third-order valence-corrected chi connectivity index (χ3v) is 3.30. The van der Waals surface area contributed by atoms with Crippen LogP contribution in [0.3, 0.4) is 0 Å². The van der Waals surface area contributed by atoms with E-state index < -0.39 is 0 Å². The van der Waals surface area contributed by atoms with Gasteiger partial charge >= 0.3 is 0 Å². The van der Waals surface area contributed by atoms with Crippen molar-refractivity contribution in [1.29, 1.82) is 0 Å². The molecule has 0 aliphatic carbocycles. The fourth-order valence-electron chi connectivity index (χ4n) is 2.13. The predicted molar refractivity (Wildman–Crippen MR) is 69.0 cm³/mol. The van der Waals surface area contributed by atoms with Crippen LogP contribution in [0, 0.1) is 0 Å². The van der Waals surface area contributed by atoms with Gasteiger partial charge in [0.2, 0.25) is 5.91 Å². The van der Waals surface area contributed by atoms with Gasteiger partial charge in [0, 0.05) is 20.2 Å². The number of amides is 1. The molecule has 1 amide bonds. The molecule has 0 aromatic rings. The van der Waals surface area contributed by atoms with Crippen molar-refractivity contribution >= 4 is 5.91 Å². The molecule has 1 fully saturated rings. The lowest BCUT2D eigenvalue weighted by molar-refractivity contribution is -0.139. The molecule has 1 heterocycles. The maximum Gasteiger partial charge on any atom is 0.239 e. The van der Waals surface area contributed by atoms with Crippen LogP contribution in [0.1, 0.15) is 40.0 Å². The van der Waals surface area contributed by atoms with E-state index >= 15 is 0 Å². The van der Waals surface area contributed by atoms with E-state index in [4.69, 9.17) is 4.74 Å². The van der Waals surface area contributed by atoms with Crippen LogP contribution in [0.15, 0.2) is 0 Å². The third-order valence-electron chi connectivity index (χ3n) is 3.30. The molecule has 1 saturated heterocycles. The molecule has 0 saturated carbocycles. The number of carbonyl (C=O) groups is 1. The van der Waals surface area contributed by atoms with E-state index in [9.17, 15) is 4.79 Å². The molecule has 1 aliphatic heterocycles. The molecule has 4 heteroatoms. The van der Waals surface area contributed by atoms with Crippen molar-refractivity contribution in [2.75, 3.05) is 26.7 Å². The first kappa shape index (κ1) is 14.5. The molecule has 1 rings (SSSR count). The number of carbonyl (C=O) groups excluding carboxylic acids is 1. The molecule has 0 bridgehead atoms. The normalized spacial score (nSPS) is 22.0. The molecule has 100 valence electrons. The molecule has 4 nitrogen and oxygen atoms in total. The van der Waals surface area contributed by atoms with Gasteiger partial charge in [0.25, 0.3) is 0 Å². The van der Waals surface area contributed by atoms with Crippen molar-refractivity contribution < 1.29 is 9.53 Å². The van der Waals surface area contributed by atoms with Crippen molar-refractivity contribution in [3.63, 3.8) is 0 Å². The predicted octanol–water partition coefficient (Wildman–Crippen LogP) is 1.40. The second-order valence-electron chi connectivity index (χ2n) is 5.37. The second-order valence-corrected chi connectivity index (χ2v) is 5.37. The molecule has 0 aromatic carbocycles. The summed E-state index contributed by atoms with van der Waals surface area (Å²) in [5, 5.41) is 3.32. The first-order valence-electron chi connectivity index (χ1n) is 6.57. The van der Waals surface area contributed by atoms with Gasteiger partial charge in [-0.2, -0.15) is 0 Å². The van der Waals surface area contributed by atoms with Gasteiger partial charge in [-0.25, -0.2) is 0 Å². The summed E-state index contributed by atoms with van der Waals surface area (Å²) < 4.78 is 5.39. The molecular formula is C13H26N2O2. The highest BCUT2D eigenvalue weighted by Crippen LogP contribution is 2.17. The van der Waals surface area contributed by atoms with E-state index in [1.807, 2.05) is 18.7 Å². The Morgan fingerprint density at radius 2 is 2.24 bits per heavy atom. The average molecular weight is 242 g/mol. The zero-order valence-corrected chi connectivity index (χ0v) is 11.6. The lowest BCUT2D eigenvalue weighted by atomic mass is 10.0. The van der Waals surface area contributed by atoms with Gasteiger partial charge in [-0.3, -0.25) is 4.79 Å². The molecule has 1 unspecified atom stereocenters. The Morgan fingerprint density at radius 1 is 1.53 bits per heavy atom. The van der Waals surface area contributed by atoms with E-state index in [0.29, 0.717) is 6.54 Å². The number of likely N-dealkylation sites (tertiary alicyclic amines) is 1. The number of rotatable bonds is 6. The lowest BCUT2D eigenvalue weighted by Gasteiger charge is -2.37. The molecule has 1 N–H and O–H groups in total. The SMILES string of the molecule is CCCNC1CCCN(CC(C)(C)OC)C1=O. The number of hydrogen-bond donors (Lipinski definition) is 1. The van der Waals surface area contributed by atoms with Gasteiger partial charge in [-0.1, -0.05) is 6.92 Å². The minimum Gasteiger partial charge on any atom is -0.377 e. The number of nitrogens with zero attached hydrogens (tertiary/aromatic N) is 1. The Balaban J connectivity index is 2.53. The van der Waals surface area contributed by atoms with Crippen molar-refractivity contribution in [2.45, 2.75) is 51.7 Å². The molecular weight excluding hydrogens is 216 g/mol. The van der Waals surface area contributed by atoms with Gasteiger partial charge in [0.05, 0.1) is 11.6 Å². The summed E-state index contributed by atoms with van der Waals surface area (Å²) in [5.74, 6) is 0.231. The molecule has 0 radical (unpaired) electrons. The summed E-state index contributed by atoms with van der Waals surface area (Å²) in [5.41, 5.74) is -0.262. The fourth-order valence-corrected chi connectivity index (χ4v) is 2.13. The van der Waals surface area contributed by atoms with Crippen LogP contribution < -0.4 is 5.32 Å². The van der Waals surface area contributed by atoms with Crippen LogP contribution in [0.4, 0.5) is 0 Å². The largest absolute Gasteiger partial charge is 0.377 e. The van der Waals surface area contributed by atoms with E-state index in [2.05, 4.69) is 12.2 Å². The van der Waals surface area contributed by atoms with Crippen LogP contribution in [0.5, 0.6) is 0 Å². The first-order chi connectivity index (χ1) is 8.00. The first-order valence-corrected chi connectivity index (χ1v) is 6.57. The Morgan fingerprint density at radius 3 is 2.82 bits per heavy atom. The van der Waals surface area contributed by atoms with Crippen LogP contribution in [0.25, 0.3) is 0 Å². The van der Waals surface area contributed by atoms with E-state index in [1.165, 1.54) is 0 Å². The van der Waals surface area contributed by atoms with Gasteiger partial charge in [0.15, 0.2) is 0 Å². The Hall–Kier alpha value is -0.610. The molecule has 1 atom stereocenters. The van der Waals surface area contributed by atoms with E-state index in [0.717, 1.165) is 32.4 Å². The lowest BCUT2D eigenvalue weighted by Crippen LogP contribution is -2.54. The van der Waals surface area contributed by atoms with Crippen molar-refractivity contribution in [1.82, 2.24) is 10.2 Å². The van der Waals surface area contributed by atoms with E-state index in [-0.39, 0.29) is 17.6 Å². The molecule has 0 spiro atoms. The van der Waals surface area contributed by atoms with Crippen LogP contribution in [-0.4, -0.2) is 49.2 Å². The summed E-state index contributed by atoms with van der Waals surface area (Å²) in [6, 6.07) is 0.0105. The highest BCUT2D eigenvalue weighted by molar-refractivity contribution is 5.82. The van der Waals surface area contributed by atoms with Gasteiger partial charge in [-0.05, 0) is 39.7 Å². The number of methoxy groups -OCH3 is 1. The van der Waals surface area contributed by atoms with Crippen LogP contribution >= 0.6 is 0 Å². The molecule has 0 aromatic heterocycles. The highest BCUT2D eigenvalue weighted by Gasteiger charge is 2.31. The standard InChI is InChI=1S/C13H26N2O2/c1-5-8-14-11-7-6-9-15(12(11)16)10-13(2,3)17-4/h11,14H,5-10H2,1-4H3. The topological polar surface area (TPSA) is 41.6 Å². The third kappa shape index (κ3) is 4.28.